The molecule has 0 radical (unpaired) electrons. The summed E-state index contributed by atoms with van der Waals surface area (Å²) in [6.45, 7) is 8.21. The normalized spacial score (nSPS) is 16.7. The Bertz CT molecular complexity index is 2630. The molecule has 2 N–H and O–H groups in total. The molecule has 428 valence electrons. The number of anilines is 1. The number of ether oxygens (including phenoxy) is 12. The Labute approximate surface area is 454 Å². The molecule has 0 saturated carbocycles. The van der Waals surface area contributed by atoms with Crippen LogP contribution < -0.4 is 14.4 Å². The predicted octanol–water partition coefficient (Wildman–Crippen LogP) is 4.85. The van der Waals surface area contributed by atoms with E-state index in [-0.39, 0.29) is 62.2 Å². The van der Waals surface area contributed by atoms with E-state index in [0.29, 0.717) is 129 Å². The van der Waals surface area contributed by atoms with Gasteiger partial charge in [-0.25, -0.2) is 22.5 Å². The molecule has 8 rings (SSSR count). The Kier molecular flexibility index (Phi) is 23.4. The summed E-state index contributed by atoms with van der Waals surface area (Å²) < 4.78 is 110. The third-order valence-electron chi connectivity index (χ3n) is 12.7. The van der Waals surface area contributed by atoms with Crippen LogP contribution in [0.5, 0.6) is 11.5 Å². The third kappa shape index (κ3) is 17.6. The monoisotopic (exact) mass is 1140 g/mol. The van der Waals surface area contributed by atoms with E-state index in [1.807, 2.05) is 6.07 Å². The number of aromatic nitrogens is 7. The van der Waals surface area contributed by atoms with Gasteiger partial charge in [-0.2, -0.15) is 15.1 Å². The van der Waals surface area contributed by atoms with Crippen molar-refractivity contribution in [3.8, 4) is 11.5 Å². The van der Waals surface area contributed by atoms with Gasteiger partial charge in [-0.05, 0) is 60.5 Å². The van der Waals surface area contributed by atoms with Crippen molar-refractivity contribution in [2.45, 2.75) is 63.0 Å². The van der Waals surface area contributed by atoms with Crippen molar-refractivity contribution in [3.05, 3.63) is 82.3 Å². The summed E-state index contributed by atoms with van der Waals surface area (Å²) in [7, 11) is -2.11. The highest BCUT2D eigenvalue weighted by Crippen LogP contribution is 2.49. The number of hydrogen-bond acceptors (Lipinski definition) is 21. The molecule has 3 aliphatic rings. The van der Waals surface area contributed by atoms with Gasteiger partial charge in [-0.1, -0.05) is 11.3 Å². The zero-order valence-corrected chi connectivity index (χ0v) is 44.7. The molecular weight excluding hydrogens is 1080 g/mol. The van der Waals surface area contributed by atoms with Gasteiger partial charge in [-0.15, -0.1) is 5.10 Å². The van der Waals surface area contributed by atoms with Crippen molar-refractivity contribution in [3.63, 3.8) is 0 Å². The van der Waals surface area contributed by atoms with Gasteiger partial charge in [0.2, 0.25) is 11.0 Å². The molecule has 2 aromatic carbocycles. The van der Waals surface area contributed by atoms with Crippen LogP contribution in [0.15, 0.2) is 42.7 Å². The molecule has 5 aromatic rings. The van der Waals surface area contributed by atoms with Gasteiger partial charge in [0, 0.05) is 30.6 Å². The first-order valence-electron chi connectivity index (χ1n) is 25.7. The van der Waals surface area contributed by atoms with E-state index >= 15 is 0 Å². The number of rotatable bonds is 37. The Morgan fingerprint density at radius 1 is 0.782 bits per heavy atom. The van der Waals surface area contributed by atoms with Crippen LogP contribution in [0.25, 0.3) is 11.0 Å². The largest absolute Gasteiger partial charge is 0.491 e. The zero-order valence-electron chi connectivity index (χ0n) is 43.0. The highest BCUT2D eigenvalue weighted by Gasteiger charge is 2.49. The second-order valence-corrected chi connectivity index (χ2v) is 19.7. The van der Waals surface area contributed by atoms with Crippen LogP contribution in [0.1, 0.15) is 48.7 Å². The minimum atomic E-state index is -2.11. The topological polar surface area (TPSA) is 246 Å². The van der Waals surface area contributed by atoms with Gasteiger partial charge in [0.25, 0.3) is 0 Å². The minimum absolute atomic E-state index is 0.0182. The molecule has 2 fully saturated rings. The number of halogens is 4. The third-order valence-corrected chi connectivity index (χ3v) is 13.3. The van der Waals surface area contributed by atoms with Gasteiger partial charge in [0.05, 0.1) is 149 Å². The molecule has 2 aliphatic heterocycles. The molecule has 28 heteroatoms. The second-order valence-electron chi connectivity index (χ2n) is 18.3. The lowest BCUT2D eigenvalue weighted by Gasteiger charge is -2.49. The SMILES string of the molecule is O=C(CCOCCOCCOCCOCCn1cc(COCCOCCOCCOCCOc2ccc3c(c2)C2(CC3)CN(c3nc(Cl)nc4c3cnn4C3CCC(COCP(O)O)O3)C2)nn1)Oc1c(F)cc(F)cc1F. The summed E-state index contributed by atoms with van der Waals surface area (Å²) in [6.07, 6.45) is 6.15. The Balaban J connectivity index is 0.584. The van der Waals surface area contributed by atoms with E-state index in [1.54, 1.807) is 21.8 Å². The van der Waals surface area contributed by atoms with E-state index in [2.05, 4.69) is 47.1 Å². The standard InChI is InChI=1S/C50H65ClF3N8O15P/c51-49-56-47(40-28-55-62(48(40)57-49)44-4-3-39(76-44)31-74-34-78(64)65)60-32-50(33-60)7-5-35-1-2-38(27-41(35)50)75-24-23-72-20-19-70-17-18-71-21-22-73-30-37-29-61(59-58-37)8-10-67-12-14-69-16-15-68-13-11-66-9-6-45(63)77-46-42(53)25-36(52)26-43(46)54/h1-2,25-29,39,44,64-65H,3-24,30-34H2. The Hall–Kier alpha value is -4.77. The smallest absolute Gasteiger partial charge is 0.313 e. The first-order valence-corrected chi connectivity index (χ1v) is 27.5. The van der Waals surface area contributed by atoms with E-state index in [1.165, 1.54) is 11.1 Å². The van der Waals surface area contributed by atoms with Crippen LogP contribution in [0.2, 0.25) is 5.28 Å². The van der Waals surface area contributed by atoms with Crippen LogP contribution in [0, 0.1) is 17.5 Å². The summed E-state index contributed by atoms with van der Waals surface area (Å²) >= 11 is 6.49. The van der Waals surface area contributed by atoms with Gasteiger partial charge >= 0.3 is 5.97 Å². The lowest BCUT2D eigenvalue weighted by atomic mass is 9.74. The van der Waals surface area contributed by atoms with Crippen LogP contribution in [-0.4, -0.2) is 188 Å². The van der Waals surface area contributed by atoms with Crippen molar-refractivity contribution >= 4 is 42.8 Å². The average Bonchev–Trinajstić information content (AvgIpc) is 4.43. The Morgan fingerprint density at radius 3 is 2.10 bits per heavy atom. The molecule has 2 atom stereocenters. The molecule has 5 heterocycles. The summed E-state index contributed by atoms with van der Waals surface area (Å²) in [4.78, 5) is 41.4. The second kappa shape index (κ2) is 30.7. The average molecular weight is 1140 g/mol. The Morgan fingerprint density at radius 2 is 1.42 bits per heavy atom. The van der Waals surface area contributed by atoms with E-state index < -0.39 is 37.5 Å². The van der Waals surface area contributed by atoms with Gasteiger partial charge in [0.15, 0.2) is 31.9 Å². The molecule has 0 amide bonds. The van der Waals surface area contributed by atoms with Crippen LogP contribution in [0.4, 0.5) is 19.0 Å². The number of aryl methyl sites for hydroxylation is 1. The summed E-state index contributed by atoms with van der Waals surface area (Å²) in [6, 6.07) is 7.20. The number of hydrogen-bond donors (Lipinski definition) is 2. The number of esters is 1. The molecule has 1 aliphatic carbocycles. The van der Waals surface area contributed by atoms with Crippen LogP contribution in [-0.2, 0) is 77.2 Å². The van der Waals surface area contributed by atoms with Crippen molar-refractivity contribution < 1.29 is 84.6 Å². The maximum absolute atomic E-state index is 13.6. The number of carbonyl (C=O) groups is 1. The quantitative estimate of drug-likeness (QED) is 0.0177. The molecule has 23 nitrogen and oxygen atoms in total. The fourth-order valence-electron chi connectivity index (χ4n) is 9.06. The van der Waals surface area contributed by atoms with Crippen LogP contribution >= 0.6 is 20.0 Å². The fraction of sp³-hybridized carbons (Fsp3) is 0.600. The molecule has 2 saturated heterocycles. The number of fused-ring (bicyclic) bond motifs is 3. The summed E-state index contributed by atoms with van der Waals surface area (Å²) in [5, 5.41) is 13.8. The summed E-state index contributed by atoms with van der Waals surface area (Å²) in [5.41, 5.74) is 3.91. The zero-order chi connectivity index (χ0) is 54.5. The number of nitrogens with zero attached hydrogens (tertiary/aromatic N) is 8. The molecule has 2 unspecified atom stereocenters. The molecular formula is C50H65ClF3N8O15P. The summed E-state index contributed by atoms with van der Waals surface area (Å²) in [5.74, 6) is -4.05. The maximum Gasteiger partial charge on any atom is 0.313 e. The molecule has 1 spiro atoms. The van der Waals surface area contributed by atoms with Crippen LogP contribution in [0.3, 0.4) is 0 Å². The minimum Gasteiger partial charge on any atom is -0.491 e. The lowest BCUT2D eigenvalue weighted by molar-refractivity contribution is -0.136. The van der Waals surface area contributed by atoms with E-state index in [9.17, 15) is 18.0 Å². The van der Waals surface area contributed by atoms with Gasteiger partial charge in [-0.3, -0.25) is 4.79 Å². The molecule has 78 heavy (non-hydrogen) atoms. The highest BCUT2D eigenvalue weighted by atomic mass is 35.5. The first-order chi connectivity index (χ1) is 38.0. The van der Waals surface area contributed by atoms with Crippen molar-refractivity contribution in [1.82, 2.24) is 34.7 Å². The highest BCUT2D eigenvalue weighted by molar-refractivity contribution is 7.44. The molecule has 3 aromatic heterocycles. The first kappa shape index (κ1) is 59.4. The lowest BCUT2D eigenvalue weighted by Crippen LogP contribution is -2.58. The van der Waals surface area contributed by atoms with Crippen molar-refractivity contribution in [2.75, 3.05) is 137 Å². The van der Waals surface area contributed by atoms with Crippen molar-refractivity contribution in [1.29, 1.82) is 0 Å². The van der Waals surface area contributed by atoms with Crippen molar-refractivity contribution in [2.24, 2.45) is 0 Å². The maximum atomic E-state index is 13.6. The van der Waals surface area contributed by atoms with Gasteiger partial charge < -0.3 is 71.5 Å². The number of carbonyl (C=O) groups excluding carboxylic acids is 1. The number of benzene rings is 2. The van der Waals surface area contributed by atoms with Gasteiger partial charge in [0.1, 0.15) is 36.0 Å². The fourth-order valence-corrected chi connectivity index (χ4v) is 9.48. The van der Waals surface area contributed by atoms with E-state index in [0.717, 1.165) is 49.3 Å². The van der Waals surface area contributed by atoms with E-state index in [4.69, 9.17) is 73.5 Å². The predicted molar refractivity (Wildman–Crippen MR) is 272 cm³/mol. The molecule has 0 bridgehead atoms.